The molecule has 1 rings (SSSR count). The topological polar surface area (TPSA) is 58.4 Å². The van der Waals surface area contributed by atoms with Crippen LogP contribution < -0.4 is 11.3 Å². The van der Waals surface area contributed by atoms with E-state index in [9.17, 15) is 4.79 Å². The number of rotatable bonds is 2. The number of thioether (sulfide) groups is 1. The van der Waals surface area contributed by atoms with Crippen molar-refractivity contribution in [3.63, 3.8) is 0 Å². The third-order valence-corrected chi connectivity index (χ3v) is 3.33. The molecule has 0 aliphatic carbocycles. The highest BCUT2D eigenvalue weighted by molar-refractivity contribution is 7.99. The van der Waals surface area contributed by atoms with E-state index >= 15 is 0 Å². The molecule has 4 nitrogen and oxygen atoms in total. The van der Waals surface area contributed by atoms with Gasteiger partial charge in [-0.3, -0.25) is 15.1 Å². The number of nitrogens with zero attached hydrogens (tertiary/aromatic N) is 1. The van der Waals surface area contributed by atoms with Crippen LogP contribution in [0.5, 0.6) is 0 Å². The molecule has 1 fully saturated rings. The number of amides is 1. The van der Waals surface area contributed by atoms with Crippen LogP contribution in [0.25, 0.3) is 0 Å². The molecule has 13 heavy (non-hydrogen) atoms. The Kier molecular flexibility index (Phi) is 4.55. The van der Waals surface area contributed by atoms with Crippen LogP contribution in [0, 0.1) is 0 Å². The van der Waals surface area contributed by atoms with E-state index in [0.29, 0.717) is 12.6 Å². The maximum atomic E-state index is 11.1. The Morgan fingerprint density at radius 1 is 1.69 bits per heavy atom. The Morgan fingerprint density at radius 3 is 3.15 bits per heavy atom. The highest BCUT2D eigenvalue weighted by Gasteiger charge is 2.18. The van der Waals surface area contributed by atoms with Crippen molar-refractivity contribution in [3.8, 4) is 0 Å². The molecule has 1 heterocycles. The third-order valence-electron chi connectivity index (χ3n) is 2.33. The molecule has 3 N–H and O–H groups in total. The molecule has 1 atom stereocenters. The smallest absolute Gasteiger partial charge is 0.248 e. The summed E-state index contributed by atoms with van der Waals surface area (Å²) in [7, 11) is 0. The van der Waals surface area contributed by atoms with Crippen LogP contribution in [-0.4, -0.2) is 41.4 Å². The summed E-state index contributed by atoms with van der Waals surface area (Å²) >= 11 is 1.95. The van der Waals surface area contributed by atoms with Crippen LogP contribution in [0.3, 0.4) is 0 Å². The predicted molar refractivity (Wildman–Crippen MR) is 55.3 cm³/mol. The minimum absolute atomic E-state index is 0.0984. The maximum Gasteiger partial charge on any atom is 0.248 e. The molecular weight excluding hydrogens is 186 g/mol. The SMILES string of the molecule is CC1CCSCCN1CC(=O)NN. The van der Waals surface area contributed by atoms with Crippen LogP contribution in [0.15, 0.2) is 0 Å². The molecule has 1 unspecified atom stereocenters. The average molecular weight is 203 g/mol. The number of nitrogens with one attached hydrogen (secondary N) is 1. The van der Waals surface area contributed by atoms with Gasteiger partial charge in [0.05, 0.1) is 6.54 Å². The molecular formula is C8H17N3OS. The van der Waals surface area contributed by atoms with Crippen LogP contribution in [-0.2, 0) is 4.79 Å². The summed E-state index contributed by atoms with van der Waals surface area (Å²) < 4.78 is 0. The van der Waals surface area contributed by atoms with Gasteiger partial charge in [0, 0.05) is 18.3 Å². The quantitative estimate of drug-likeness (QED) is 0.371. The van der Waals surface area contributed by atoms with Crippen LogP contribution in [0.2, 0.25) is 0 Å². The second kappa shape index (κ2) is 5.47. The fraction of sp³-hybridized carbons (Fsp3) is 0.875. The first-order valence-corrected chi connectivity index (χ1v) is 5.70. The van der Waals surface area contributed by atoms with Gasteiger partial charge >= 0.3 is 0 Å². The molecule has 0 radical (unpaired) electrons. The fourth-order valence-electron chi connectivity index (χ4n) is 1.41. The van der Waals surface area contributed by atoms with Gasteiger partial charge in [-0.15, -0.1) is 0 Å². The molecule has 0 bridgehead atoms. The Bertz CT molecular complexity index is 177. The summed E-state index contributed by atoms with van der Waals surface area (Å²) in [6.07, 6.45) is 1.16. The van der Waals surface area contributed by atoms with Crippen molar-refractivity contribution in [1.29, 1.82) is 0 Å². The van der Waals surface area contributed by atoms with E-state index in [1.54, 1.807) is 0 Å². The van der Waals surface area contributed by atoms with Gasteiger partial charge in [0.1, 0.15) is 0 Å². The molecule has 1 amide bonds. The van der Waals surface area contributed by atoms with Gasteiger partial charge in [-0.1, -0.05) is 0 Å². The zero-order chi connectivity index (χ0) is 9.68. The number of carbonyl (C=O) groups is 1. The minimum atomic E-state index is -0.0984. The number of carbonyl (C=O) groups excluding carboxylic acids is 1. The number of nitrogens with two attached hydrogens (primary N) is 1. The Hall–Kier alpha value is -0.260. The Labute approximate surface area is 83.2 Å². The minimum Gasteiger partial charge on any atom is -0.293 e. The fourth-order valence-corrected chi connectivity index (χ4v) is 2.48. The molecule has 76 valence electrons. The summed E-state index contributed by atoms with van der Waals surface area (Å²) in [5, 5.41) is 0. The normalized spacial score (nSPS) is 25.2. The van der Waals surface area contributed by atoms with E-state index in [0.717, 1.165) is 18.7 Å². The molecule has 5 heteroatoms. The Balaban J connectivity index is 2.40. The maximum absolute atomic E-state index is 11.1. The van der Waals surface area contributed by atoms with E-state index in [1.165, 1.54) is 5.75 Å². The first-order chi connectivity index (χ1) is 6.24. The lowest BCUT2D eigenvalue weighted by Crippen LogP contribution is -2.44. The molecule has 0 aromatic carbocycles. The van der Waals surface area contributed by atoms with Gasteiger partial charge in [0.25, 0.3) is 0 Å². The number of hydrogen-bond donors (Lipinski definition) is 2. The van der Waals surface area contributed by atoms with Crippen molar-refractivity contribution in [2.24, 2.45) is 5.84 Å². The molecule has 0 aromatic rings. The van der Waals surface area contributed by atoms with Crippen molar-refractivity contribution < 1.29 is 4.79 Å². The largest absolute Gasteiger partial charge is 0.293 e. The predicted octanol–water partition coefficient (Wildman–Crippen LogP) is -0.196. The van der Waals surface area contributed by atoms with Crippen molar-refractivity contribution in [2.75, 3.05) is 24.6 Å². The molecule has 0 saturated carbocycles. The number of hydrogen-bond acceptors (Lipinski definition) is 4. The van der Waals surface area contributed by atoms with E-state index in [2.05, 4.69) is 17.2 Å². The molecule has 0 spiro atoms. The van der Waals surface area contributed by atoms with Crippen molar-refractivity contribution in [2.45, 2.75) is 19.4 Å². The molecule has 1 aliphatic heterocycles. The lowest BCUT2D eigenvalue weighted by molar-refractivity contribution is -0.122. The lowest BCUT2D eigenvalue weighted by atomic mass is 10.2. The summed E-state index contributed by atoms with van der Waals surface area (Å²) in [6.45, 7) is 3.58. The average Bonchev–Trinajstić information content (AvgIpc) is 2.32. The summed E-state index contributed by atoms with van der Waals surface area (Å²) in [5.41, 5.74) is 2.17. The van der Waals surface area contributed by atoms with E-state index < -0.39 is 0 Å². The highest BCUT2D eigenvalue weighted by atomic mass is 32.2. The Morgan fingerprint density at radius 2 is 2.46 bits per heavy atom. The van der Waals surface area contributed by atoms with E-state index in [1.807, 2.05) is 11.8 Å². The number of hydrazine groups is 1. The summed E-state index contributed by atoms with van der Waals surface area (Å²) in [4.78, 5) is 13.2. The van der Waals surface area contributed by atoms with Gasteiger partial charge in [0.15, 0.2) is 0 Å². The molecule has 0 aromatic heterocycles. The first kappa shape index (κ1) is 10.8. The summed E-state index contributed by atoms with van der Waals surface area (Å²) in [6, 6.07) is 0.493. The molecule has 1 aliphatic rings. The van der Waals surface area contributed by atoms with Gasteiger partial charge in [-0.05, 0) is 19.1 Å². The second-order valence-electron chi connectivity index (χ2n) is 3.29. The monoisotopic (exact) mass is 203 g/mol. The van der Waals surface area contributed by atoms with Crippen molar-refractivity contribution >= 4 is 17.7 Å². The van der Waals surface area contributed by atoms with Gasteiger partial charge < -0.3 is 0 Å². The van der Waals surface area contributed by atoms with Gasteiger partial charge in [0.2, 0.25) is 5.91 Å². The lowest BCUT2D eigenvalue weighted by Gasteiger charge is -2.25. The third kappa shape index (κ3) is 3.54. The van der Waals surface area contributed by atoms with Crippen LogP contribution >= 0.6 is 11.8 Å². The van der Waals surface area contributed by atoms with Crippen molar-refractivity contribution in [3.05, 3.63) is 0 Å². The van der Waals surface area contributed by atoms with Crippen LogP contribution in [0.4, 0.5) is 0 Å². The van der Waals surface area contributed by atoms with Gasteiger partial charge in [-0.25, -0.2) is 5.84 Å². The van der Waals surface area contributed by atoms with Gasteiger partial charge in [-0.2, -0.15) is 11.8 Å². The second-order valence-corrected chi connectivity index (χ2v) is 4.51. The van der Waals surface area contributed by atoms with Crippen LogP contribution in [0.1, 0.15) is 13.3 Å². The van der Waals surface area contributed by atoms with Crippen molar-refractivity contribution in [1.82, 2.24) is 10.3 Å². The highest BCUT2D eigenvalue weighted by Crippen LogP contribution is 2.15. The van der Waals surface area contributed by atoms with E-state index in [4.69, 9.17) is 5.84 Å². The standard InChI is InChI=1S/C8H17N3OS/c1-7-2-4-13-5-3-11(7)6-8(12)10-9/h7H,2-6,9H2,1H3,(H,10,12). The zero-order valence-electron chi connectivity index (χ0n) is 7.95. The first-order valence-electron chi connectivity index (χ1n) is 4.55. The summed E-state index contributed by atoms with van der Waals surface area (Å²) in [5.74, 6) is 7.25. The molecule has 1 saturated heterocycles. The zero-order valence-corrected chi connectivity index (χ0v) is 8.77. The van der Waals surface area contributed by atoms with E-state index in [-0.39, 0.29) is 5.91 Å².